The molecule has 0 atom stereocenters. The van der Waals surface area contributed by atoms with Crippen LogP contribution in [-0.4, -0.2) is 26.6 Å². The molecule has 0 saturated heterocycles. The molecule has 2 aliphatic rings. The summed E-state index contributed by atoms with van der Waals surface area (Å²) in [6.45, 7) is 7.69. The number of aromatic nitrogens is 2. The summed E-state index contributed by atoms with van der Waals surface area (Å²) in [5, 5.41) is 0. The predicted octanol–water partition coefficient (Wildman–Crippen LogP) is 5.27. The van der Waals surface area contributed by atoms with Gasteiger partial charge in [0, 0.05) is 41.7 Å². The lowest BCUT2D eigenvalue weighted by Gasteiger charge is -2.34. The standard InChI is InChI=1S/C22H26BF2N3/c1-7-18-13(3)21-20(17-10-9-11-26-12-17)22-14(4)19(8-2)16(6)28(22)23(24,25)27(21)15(18)5/h9-12H,7-8H2,1-6H3. The fraction of sp³-hybridized carbons (Fsp3) is 0.364. The van der Waals surface area contributed by atoms with Crippen LogP contribution in [0.4, 0.5) is 8.63 Å². The molecular weight excluding hydrogens is 355 g/mol. The first kappa shape index (κ1) is 18.8. The molecule has 0 spiro atoms. The second kappa shape index (κ2) is 6.26. The summed E-state index contributed by atoms with van der Waals surface area (Å²) in [5.74, 6) is 0. The smallest absolute Gasteiger partial charge is 0.393 e. The molecule has 4 heterocycles. The largest absolute Gasteiger partial charge is 0.737 e. The number of rotatable bonds is 3. The van der Waals surface area contributed by atoms with Crippen molar-refractivity contribution in [3.05, 3.63) is 69.4 Å². The van der Waals surface area contributed by atoms with Gasteiger partial charge in [0.1, 0.15) is 5.71 Å². The third-order valence-corrected chi connectivity index (χ3v) is 6.45. The summed E-state index contributed by atoms with van der Waals surface area (Å²) in [4.78, 5) is 4.28. The highest BCUT2D eigenvalue weighted by atomic mass is 19.2. The van der Waals surface area contributed by atoms with Crippen LogP contribution in [0.1, 0.15) is 62.2 Å². The number of halogens is 2. The summed E-state index contributed by atoms with van der Waals surface area (Å²) < 4.78 is 34.6. The Bertz CT molecular complexity index is 1090. The zero-order chi connectivity index (χ0) is 20.4. The van der Waals surface area contributed by atoms with Gasteiger partial charge in [0.05, 0.1) is 5.57 Å². The van der Waals surface area contributed by atoms with Crippen LogP contribution in [0, 0.1) is 13.8 Å². The minimum absolute atomic E-state index is 0.642. The Kier molecular flexibility index (Phi) is 4.21. The van der Waals surface area contributed by atoms with E-state index in [1.54, 1.807) is 12.4 Å². The molecule has 0 bridgehead atoms. The second-order valence-corrected chi connectivity index (χ2v) is 7.73. The molecule has 0 fully saturated rings. The molecule has 0 aliphatic carbocycles. The number of nitrogens with zero attached hydrogens (tertiary/aromatic N) is 3. The summed E-state index contributed by atoms with van der Waals surface area (Å²) >= 11 is 0. The summed E-state index contributed by atoms with van der Waals surface area (Å²) in [5.41, 5.74) is 8.26. The maximum absolute atomic E-state index is 16.0. The van der Waals surface area contributed by atoms with Crippen LogP contribution in [0.25, 0.3) is 5.57 Å². The van der Waals surface area contributed by atoms with Crippen molar-refractivity contribution in [2.24, 2.45) is 0 Å². The highest BCUT2D eigenvalue weighted by molar-refractivity contribution is 6.58. The van der Waals surface area contributed by atoms with Crippen molar-refractivity contribution in [1.82, 2.24) is 9.46 Å². The molecular formula is C22H26BF2N3. The average molecular weight is 381 g/mol. The van der Waals surface area contributed by atoms with Crippen molar-refractivity contribution in [3.63, 3.8) is 0 Å². The molecule has 28 heavy (non-hydrogen) atoms. The van der Waals surface area contributed by atoms with E-state index in [4.69, 9.17) is 0 Å². The quantitative estimate of drug-likeness (QED) is 0.664. The lowest BCUT2D eigenvalue weighted by Crippen LogP contribution is -2.51. The number of hydrogen-bond acceptors (Lipinski definition) is 1. The highest BCUT2D eigenvalue weighted by Gasteiger charge is 2.56. The average Bonchev–Trinajstić information content (AvgIpc) is 3.07. The molecule has 0 radical (unpaired) electrons. The van der Waals surface area contributed by atoms with Crippen molar-refractivity contribution in [2.75, 3.05) is 0 Å². The Morgan fingerprint density at radius 1 is 1.11 bits per heavy atom. The van der Waals surface area contributed by atoms with Crippen LogP contribution in [-0.2, 0) is 6.42 Å². The van der Waals surface area contributed by atoms with Crippen LogP contribution in [0.15, 0.2) is 41.4 Å². The first-order valence-corrected chi connectivity index (χ1v) is 9.98. The van der Waals surface area contributed by atoms with Gasteiger partial charge in [0.25, 0.3) is 0 Å². The molecule has 2 aliphatic heterocycles. The second-order valence-electron chi connectivity index (χ2n) is 7.73. The summed E-state index contributed by atoms with van der Waals surface area (Å²) in [6, 6.07) is 3.83. The van der Waals surface area contributed by atoms with Crippen LogP contribution in [0.5, 0.6) is 0 Å². The molecule has 0 saturated carbocycles. The Balaban J connectivity index is 2.23. The van der Waals surface area contributed by atoms with E-state index < -0.39 is 6.97 Å². The third kappa shape index (κ3) is 2.20. The van der Waals surface area contributed by atoms with Crippen molar-refractivity contribution in [3.8, 4) is 0 Å². The highest BCUT2D eigenvalue weighted by Crippen LogP contribution is 2.46. The van der Waals surface area contributed by atoms with Gasteiger partial charge in [-0.1, -0.05) is 19.9 Å². The maximum atomic E-state index is 16.0. The molecule has 4 rings (SSSR count). The fourth-order valence-corrected chi connectivity index (χ4v) is 5.26. The number of allylic oxidation sites excluding steroid dienone is 2. The lowest BCUT2D eigenvalue weighted by molar-refractivity contribution is -0.363. The van der Waals surface area contributed by atoms with E-state index in [1.807, 2.05) is 53.7 Å². The Labute approximate surface area is 165 Å². The molecule has 146 valence electrons. The van der Waals surface area contributed by atoms with Gasteiger partial charge in [-0.05, 0) is 56.5 Å². The van der Waals surface area contributed by atoms with Crippen molar-refractivity contribution in [2.45, 2.75) is 54.4 Å². The lowest BCUT2D eigenvalue weighted by atomic mass is 9.84. The monoisotopic (exact) mass is 381 g/mol. The van der Waals surface area contributed by atoms with Gasteiger partial charge in [-0.3, -0.25) is 4.98 Å². The summed E-state index contributed by atoms with van der Waals surface area (Å²) in [7, 11) is 0. The molecule has 0 aromatic carbocycles. The van der Waals surface area contributed by atoms with Crippen molar-refractivity contribution >= 4 is 18.3 Å². The normalized spacial score (nSPS) is 18.1. The zero-order valence-electron chi connectivity index (χ0n) is 17.4. The van der Waals surface area contributed by atoms with Gasteiger partial charge in [-0.25, -0.2) is 0 Å². The first-order valence-electron chi connectivity index (χ1n) is 9.98. The van der Waals surface area contributed by atoms with Crippen molar-refractivity contribution < 1.29 is 13.1 Å². The van der Waals surface area contributed by atoms with Gasteiger partial charge < -0.3 is 17.6 Å². The van der Waals surface area contributed by atoms with Gasteiger partial charge in [0.2, 0.25) is 0 Å². The number of pyridine rings is 1. The van der Waals surface area contributed by atoms with E-state index in [-0.39, 0.29) is 0 Å². The minimum Gasteiger partial charge on any atom is -0.393 e. The van der Waals surface area contributed by atoms with E-state index >= 15 is 8.63 Å². The third-order valence-electron chi connectivity index (χ3n) is 6.45. The molecule has 6 heteroatoms. The summed E-state index contributed by atoms with van der Waals surface area (Å²) in [6.07, 6.45) is 4.96. The van der Waals surface area contributed by atoms with Gasteiger partial charge >= 0.3 is 6.97 Å². The van der Waals surface area contributed by atoms with E-state index in [1.165, 1.54) is 8.96 Å². The van der Waals surface area contributed by atoms with Crippen LogP contribution in [0.3, 0.4) is 0 Å². The van der Waals surface area contributed by atoms with Gasteiger partial charge in [-0.15, -0.1) is 0 Å². The zero-order valence-corrected chi connectivity index (χ0v) is 17.4. The van der Waals surface area contributed by atoms with Gasteiger partial charge in [0.15, 0.2) is 5.70 Å². The van der Waals surface area contributed by atoms with Crippen molar-refractivity contribution in [1.29, 1.82) is 0 Å². The van der Waals surface area contributed by atoms with E-state index in [9.17, 15) is 0 Å². The molecule has 2 aromatic rings. The van der Waals surface area contributed by atoms with E-state index in [2.05, 4.69) is 4.98 Å². The Hall–Kier alpha value is -2.50. The topological polar surface area (TPSA) is 20.8 Å². The predicted molar refractivity (Wildman–Crippen MR) is 111 cm³/mol. The van der Waals surface area contributed by atoms with Crippen LogP contribution < -0.4 is 0 Å². The molecule has 0 amide bonds. The molecule has 0 N–H and O–H groups in total. The SMILES string of the molecule is CCC1=C(C)C2=C(c3cccnc3)c3c(C)c(CC)c(C)n3[B-](F)(F)[N+]2=C1C. The van der Waals surface area contributed by atoms with E-state index in [0.29, 0.717) is 22.8 Å². The number of fused-ring (bicyclic) bond motifs is 2. The molecule has 0 unspecified atom stereocenters. The Morgan fingerprint density at radius 3 is 2.39 bits per heavy atom. The first-order chi connectivity index (χ1) is 13.3. The van der Waals surface area contributed by atoms with Crippen LogP contribution >= 0.6 is 0 Å². The Morgan fingerprint density at radius 2 is 1.82 bits per heavy atom. The molecule has 3 nitrogen and oxygen atoms in total. The van der Waals surface area contributed by atoms with Crippen LogP contribution in [0.2, 0.25) is 0 Å². The minimum atomic E-state index is -3.96. The fourth-order valence-electron chi connectivity index (χ4n) is 5.26. The number of hydrogen-bond donors (Lipinski definition) is 0. The molecule has 2 aromatic heterocycles. The van der Waals surface area contributed by atoms with E-state index in [0.717, 1.165) is 46.3 Å². The maximum Gasteiger partial charge on any atom is 0.737 e. The van der Waals surface area contributed by atoms with Gasteiger partial charge in [-0.2, -0.15) is 0 Å².